The molecule has 0 aromatic carbocycles. The summed E-state index contributed by atoms with van der Waals surface area (Å²) in [6, 6.07) is 0. The Balaban J connectivity index is 2.27. The van der Waals surface area contributed by atoms with Gasteiger partial charge in [-0.15, -0.1) is 0 Å². The van der Waals surface area contributed by atoms with Gasteiger partial charge in [-0.1, -0.05) is 5.11 Å². The van der Waals surface area contributed by atoms with E-state index >= 15 is 0 Å². The number of ether oxygens (including phenoxy) is 1. The third-order valence-electron chi connectivity index (χ3n) is 3.06. The Morgan fingerprint density at radius 2 is 2.33 bits per heavy atom. The molecule has 0 aliphatic heterocycles. The molecule has 0 saturated heterocycles. The number of hydrogen-bond acceptors (Lipinski definition) is 7. The molecule has 2 aromatic rings. The monoisotopic (exact) mass is 358 g/mol. The number of azide groups is 1. The molecule has 2 rings (SSSR count). The van der Waals surface area contributed by atoms with Gasteiger partial charge in [0.2, 0.25) is 5.95 Å². The van der Waals surface area contributed by atoms with Gasteiger partial charge < -0.3 is 25.2 Å². The summed E-state index contributed by atoms with van der Waals surface area (Å²) in [5, 5.41) is 3.37. The minimum atomic E-state index is -4.37. The number of nitrogen functional groups attached to an aromatic ring is 1. The van der Waals surface area contributed by atoms with Gasteiger partial charge >= 0.3 is 13.2 Å². The smallest absolute Gasteiger partial charge is 0.350 e. The van der Waals surface area contributed by atoms with Gasteiger partial charge in [0.05, 0.1) is 19.0 Å². The van der Waals surface area contributed by atoms with Crippen molar-refractivity contribution in [3.8, 4) is 0 Å². The van der Waals surface area contributed by atoms with Crippen molar-refractivity contribution in [3.63, 3.8) is 0 Å². The number of hydrogen-bond donors (Lipinski definition) is 4. The van der Waals surface area contributed by atoms with Crippen molar-refractivity contribution in [2.24, 2.45) is 5.11 Å². The van der Waals surface area contributed by atoms with E-state index in [1.807, 2.05) is 0 Å². The lowest BCUT2D eigenvalue weighted by Gasteiger charge is -2.20. The number of H-pyrrole nitrogens is 1. The van der Waals surface area contributed by atoms with E-state index in [9.17, 15) is 9.36 Å². The average molecular weight is 358 g/mol. The largest absolute Gasteiger partial charge is 0.369 e. The maximum Gasteiger partial charge on any atom is 0.350 e. The molecule has 130 valence electrons. The molecule has 0 bridgehead atoms. The molecule has 0 aliphatic rings. The SMILES string of the molecule is [N-]=[N+]=NCC[C@@H](Cn1c(N)nc(=O)c2[nH]cnc21)OCP(=O)(O)O. The van der Waals surface area contributed by atoms with Crippen LogP contribution in [0, 0.1) is 0 Å². The summed E-state index contributed by atoms with van der Waals surface area (Å²) >= 11 is 0. The fourth-order valence-electron chi connectivity index (χ4n) is 2.04. The van der Waals surface area contributed by atoms with E-state index in [0.717, 1.165) is 0 Å². The Labute approximate surface area is 134 Å². The Kier molecular flexibility index (Phi) is 5.54. The number of nitrogens with one attached hydrogen (secondary N) is 1. The summed E-state index contributed by atoms with van der Waals surface area (Å²) < 4.78 is 17.6. The number of anilines is 1. The fraction of sp³-hybridized carbons (Fsp3) is 0.500. The van der Waals surface area contributed by atoms with E-state index in [0.29, 0.717) is 0 Å². The van der Waals surface area contributed by atoms with E-state index in [1.165, 1.54) is 10.9 Å². The second-order valence-electron chi connectivity index (χ2n) is 4.81. The summed E-state index contributed by atoms with van der Waals surface area (Å²) in [5.41, 5.74) is 13.9. The van der Waals surface area contributed by atoms with Crippen LogP contribution in [-0.4, -0.2) is 48.3 Å². The van der Waals surface area contributed by atoms with Crippen LogP contribution in [0.5, 0.6) is 0 Å². The number of rotatable bonds is 8. The number of aromatic nitrogens is 4. The lowest BCUT2D eigenvalue weighted by Crippen LogP contribution is -2.26. The zero-order chi connectivity index (χ0) is 17.7. The van der Waals surface area contributed by atoms with Gasteiger partial charge in [-0.2, -0.15) is 4.98 Å². The standard InChI is InChI=1S/C10H15N8O5P/c11-10-16-9(19)7-8(14-4-13-7)18(10)3-6(1-2-15-17-12)23-5-24(20,21)22/h4,6H,1-3,5H2,(H,13,14)(H2,11,16,19)(H2,20,21,22)/t6-/m0/s1. The van der Waals surface area contributed by atoms with Crippen molar-refractivity contribution in [2.45, 2.75) is 19.1 Å². The highest BCUT2D eigenvalue weighted by Gasteiger charge is 2.20. The maximum absolute atomic E-state index is 11.7. The van der Waals surface area contributed by atoms with E-state index in [1.54, 1.807) is 0 Å². The molecule has 5 N–H and O–H groups in total. The van der Waals surface area contributed by atoms with Crippen molar-refractivity contribution in [3.05, 3.63) is 27.1 Å². The molecule has 24 heavy (non-hydrogen) atoms. The maximum atomic E-state index is 11.7. The zero-order valence-corrected chi connectivity index (χ0v) is 13.2. The third-order valence-corrected chi connectivity index (χ3v) is 3.55. The number of imidazole rings is 1. The van der Waals surface area contributed by atoms with E-state index in [2.05, 4.69) is 25.0 Å². The molecular weight excluding hydrogens is 343 g/mol. The predicted molar refractivity (Wildman–Crippen MR) is 83.0 cm³/mol. The van der Waals surface area contributed by atoms with Crippen LogP contribution in [0.25, 0.3) is 21.6 Å². The van der Waals surface area contributed by atoms with Gasteiger partial charge in [0, 0.05) is 11.5 Å². The van der Waals surface area contributed by atoms with Crippen LogP contribution in [0.3, 0.4) is 0 Å². The van der Waals surface area contributed by atoms with E-state index < -0.39 is 25.6 Å². The summed E-state index contributed by atoms with van der Waals surface area (Å²) in [6.07, 6.45) is -0.0587. The van der Waals surface area contributed by atoms with Crippen LogP contribution < -0.4 is 11.3 Å². The molecule has 13 nitrogen and oxygen atoms in total. The minimum absolute atomic E-state index is 0.0153. The molecule has 2 heterocycles. The Morgan fingerprint density at radius 3 is 3.00 bits per heavy atom. The molecule has 0 unspecified atom stereocenters. The highest BCUT2D eigenvalue weighted by molar-refractivity contribution is 7.51. The summed E-state index contributed by atoms with van der Waals surface area (Å²) in [5.74, 6) is -0.117. The first-order chi connectivity index (χ1) is 11.3. The molecule has 0 saturated carbocycles. The molecule has 0 spiro atoms. The molecule has 14 heteroatoms. The summed E-state index contributed by atoms with van der Waals surface area (Å²) in [7, 11) is -4.37. The molecule has 2 aromatic heterocycles. The van der Waals surface area contributed by atoms with Crippen molar-refractivity contribution in [1.82, 2.24) is 19.5 Å². The van der Waals surface area contributed by atoms with Gasteiger partial charge in [-0.05, 0) is 12.0 Å². The van der Waals surface area contributed by atoms with Gasteiger partial charge in [0.25, 0.3) is 0 Å². The van der Waals surface area contributed by atoms with Crippen LogP contribution in [0.15, 0.2) is 16.2 Å². The number of fused-ring (bicyclic) bond motifs is 1. The van der Waals surface area contributed by atoms with Crippen molar-refractivity contribution >= 4 is 24.7 Å². The van der Waals surface area contributed by atoms with Gasteiger partial charge in [-0.3, -0.25) is 13.9 Å². The third kappa shape index (κ3) is 4.54. The number of aromatic amines is 1. The van der Waals surface area contributed by atoms with Gasteiger partial charge in [0.1, 0.15) is 6.35 Å². The van der Waals surface area contributed by atoms with Gasteiger partial charge in [0.15, 0.2) is 11.2 Å². The molecule has 0 fully saturated rings. The van der Waals surface area contributed by atoms with Crippen LogP contribution in [0.2, 0.25) is 0 Å². The van der Waals surface area contributed by atoms with Crippen molar-refractivity contribution in [2.75, 3.05) is 18.6 Å². The topological polar surface area (TPSA) is 205 Å². The molecule has 0 radical (unpaired) electrons. The Hall–Kier alpha value is -2.43. The van der Waals surface area contributed by atoms with Crippen LogP contribution in [0.1, 0.15) is 6.42 Å². The minimum Gasteiger partial charge on any atom is -0.369 e. The molecular formula is C10H15N8O5P. The van der Waals surface area contributed by atoms with E-state index in [4.69, 9.17) is 25.8 Å². The first-order valence-electron chi connectivity index (χ1n) is 6.68. The lowest BCUT2D eigenvalue weighted by molar-refractivity contribution is 0.0588. The second kappa shape index (κ2) is 7.43. The normalized spacial score (nSPS) is 12.9. The van der Waals surface area contributed by atoms with Crippen LogP contribution in [0.4, 0.5) is 5.95 Å². The zero-order valence-electron chi connectivity index (χ0n) is 12.3. The Morgan fingerprint density at radius 1 is 1.58 bits per heavy atom. The van der Waals surface area contributed by atoms with Crippen LogP contribution >= 0.6 is 7.60 Å². The number of nitrogens with zero attached hydrogens (tertiary/aromatic N) is 6. The highest BCUT2D eigenvalue weighted by Crippen LogP contribution is 2.34. The number of nitrogens with two attached hydrogens (primary N) is 1. The predicted octanol–water partition coefficient (Wildman–Crippen LogP) is -0.0774. The average Bonchev–Trinajstić information content (AvgIpc) is 2.97. The lowest BCUT2D eigenvalue weighted by atomic mass is 10.2. The Bertz CT molecular complexity index is 866. The first kappa shape index (κ1) is 17.9. The first-order valence-corrected chi connectivity index (χ1v) is 8.48. The second-order valence-corrected chi connectivity index (χ2v) is 6.40. The van der Waals surface area contributed by atoms with Crippen molar-refractivity contribution < 1.29 is 19.1 Å². The molecule has 1 atom stereocenters. The molecule has 0 aliphatic carbocycles. The van der Waals surface area contributed by atoms with Crippen molar-refractivity contribution in [1.29, 1.82) is 0 Å². The highest BCUT2D eigenvalue weighted by atomic mass is 31.2. The van der Waals surface area contributed by atoms with Crippen LogP contribution in [-0.2, 0) is 15.8 Å². The summed E-state index contributed by atoms with van der Waals surface area (Å²) in [6.45, 7) is 0.0704. The fourth-order valence-corrected chi connectivity index (χ4v) is 2.44. The molecule has 0 amide bonds. The van der Waals surface area contributed by atoms with E-state index in [-0.39, 0.29) is 36.6 Å². The quantitative estimate of drug-likeness (QED) is 0.217. The summed E-state index contributed by atoms with van der Waals surface area (Å²) in [4.78, 5) is 42.5. The van der Waals surface area contributed by atoms with Gasteiger partial charge in [-0.25, -0.2) is 4.98 Å².